The maximum Gasteiger partial charge on any atom is 0.126 e. The molecule has 2 heteroatoms. The summed E-state index contributed by atoms with van der Waals surface area (Å²) in [6.07, 6.45) is 0.734. The molecule has 0 aromatic heterocycles. The van der Waals surface area contributed by atoms with Gasteiger partial charge < -0.3 is 0 Å². The van der Waals surface area contributed by atoms with Crippen LogP contribution in [0, 0.1) is 11.7 Å². The van der Waals surface area contributed by atoms with E-state index in [0.717, 1.165) is 12.0 Å². The van der Waals surface area contributed by atoms with Gasteiger partial charge in [0.15, 0.2) is 0 Å². The molecule has 0 nitrogen and oxygen atoms in total. The molecule has 2 atom stereocenters. The second-order valence-electron chi connectivity index (χ2n) is 4.59. The molecule has 0 N–H and O–H groups in total. The zero-order valence-electron chi connectivity index (χ0n) is 10.3. The molecule has 18 heavy (non-hydrogen) atoms. The number of hydrogen-bond acceptors (Lipinski definition) is 0. The highest BCUT2D eigenvalue weighted by molar-refractivity contribution is 9.09. The van der Waals surface area contributed by atoms with Crippen LogP contribution in [-0.4, -0.2) is 0 Å². The van der Waals surface area contributed by atoms with Gasteiger partial charge in [0.1, 0.15) is 5.82 Å². The Balaban J connectivity index is 2.09. The standard InChI is InChI=1S/C16H16BrF/c1-12(11-14-9-5-6-10-15(14)18)16(17)13-7-3-2-4-8-13/h2-10,12,16H,11H2,1H3. The summed E-state index contributed by atoms with van der Waals surface area (Å²) in [5, 5.41) is 0. The minimum atomic E-state index is -0.114. The summed E-state index contributed by atoms with van der Waals surface area (Å²) in [6.45, 7) is 2.14. The summed E-state index contributed by atoms with van der Waals surface area (Å²) < 4.78 is 13.6. The molecule has 0 aliphatic carbocycles. The van der Waals surface area contributed by atoms with Gasteiger partial charge >= 0.3 is 0 Å². The van der Waals surface area contributed by atoms with Crippen LogP contribution >= 0.6 is 15.9 Å². The molecule has 94 valence electrons. The Hall–Kier alpha value is -1.15. The zero-order chi connectivity index (χ0) is 13.0. The minimum Gasteiger partial charge on any atom is -0.207 e. The van der Waals surface area contributed by atoms with Crippen molar-refractivity contribution in [1.29, 1.82) is 0 Å². The van der Waals surface area contributed by atoms with Crippen LogP contribution < -0.4 is 0 Å². The first-order valence-corrected chi connectivity index (χ1v) is 7.02. The topological polar surface area (TPSA) is 0 Å². The van der Waals surface area contributed by atoms with Crippen LogP contribution in [0.5, 0.6) is 0 Å². The van der Waals surface area contributed by atoms with Gasteiger partial charge in [-0.25, -0.2) is 4.39 Å². The summed E-state index contributed by atoms with van der Waals surface area (Å²) in [5.74, 6) is 0.224. The fraction of sp³-hybridized carbons (Fsp3) is 0.250. The quantitative estimate of drug-likeness (QED) is 0.686. The Morgan fingerprint density at radius 1 is 1.00 bits per heavy atom. The largest absolute Gasteiger partial charge is 0.207 e. The number of hydrogen-bond donors (Lipinski definition) is 0. The van der Waals surface area contributed by atoms with E-state index in [1.165, 1.54) is 11.6 Å². The smallest absolute Gasteiger partial charge is 0.126 e. The monoisotopic (exact) mass is 306 g/mol. The Morgan fingerprint density at radius 3 is 2.28 bits per heavy atom. The Labute approximate surface area is 116 Å². The third-order valence-electron chi connectivity index (χ3n) is 3.12. The predicted molar refractivity (Wildman–Crippen MR) is 77.4 cm³/mol. The van der Waals surface area contributed by atoms with Gasteiger partial charge in [-0.15, -0.1) is 0 Å². The third-order valence-corrected chi connectivity index (χ3v) is 4.55. The fourth-order valence-electron chi connectivity index (χ4n) is 2.08. The Kier molecular flexibility index (Phi) is 4.54. The van der Waals surface area contributed by atoms with Crippen LogP contribution in [0.4, 0.5) is 4.39 Å². The third kappa shape index (κ3) is 3.20. The molecule has 2 aromatic carbocycles. The lowest BCUT2D eigenvalue weighted by Gasteiger charge is -2.19. The molecule has 2 rings (SSSR count). The predicted octanol–water partition coefficient (Wildman–Crippen LogP) is 5.14. The van der Waals surface area contributed by atoms with Gasteiger partial charge in [-0.1, -0.05) is 71.4 Å². The number of halogens is 2. The van der Waals surface area contributed by atoms with Crippen molar-refractivity contribution in [3.8, 4) is 0 Å². The first kappa shape index (κ1) is 13.3. The van der Waals surface area contributed by atoms with Crippen molar-refractivity contribution in [2.75, 3.05) is 0 Å². The average molecular weight is 307 g/mol. The lowest BCUT2D eigenvalue weighted by atomic mass is 9.94. The van der Waals surface area contributed by atoms with Crippen LogP contribution in [0.25, 0.3) is 0 Å². The van der Waals surface area contributed by atoms with E-state index in [4.69, 9.17) is 0 Å². The SMILES string of the molecule is CC(Cc1ccccc1F)C(Br)c1ccccc1. The molecule has 0 bridgehead atoms. The summed E-state index contributed by atoms with van der Waals surface area (Å²) in [6, 6.07) is 17.2. The maximum atomic E-state index is 13.6. The van der Waals surface area contributed by atoms with Crippen molar-refractivity contribution >= 4 is 15.9 Å². The van der Waals surface area contributed by atoms with Crippen molar-refractivity contribution in [2.24, 2.45) is 5.92 Å². The second kappa shape index (κ2) is 6.14. The Bertz CT molecular complexity index is 495. The first-order chi connectivity index (χ1) is 8.68. The average Bonchev–Trinajstić information content (AvgIpc) is 2.41. The molecule has 2 unspecified atom stereocenters. The summed E-state index contributed by atoms with van der Waals surface area (Å²) in [5.41, 5.74) is 2.02. The second-order valence-corrected chi connectivity index (χ2v) is 5.57. The van der Waals surface area contributed by atoms with E-state index >= 15 is 0 Å². The van der Waals surface area contributed by atoms with E-state index in [1.807, 2.05) is 30.3 Å². The summed E-state index contributed by atoms with van der Waals surface area (Å²) >= 11 is 3.71. The van der Waals surface area contributed by atoms with Gasteiger partial charge in [-0.05, 0) is 29.5 Å². The summed E-state index contributed by atoms with van der Waals surface area (Å²) in [7, 11) is 0. The molecule has 2 aromatic rings. The van der Waals surface area contributed by atoms with E-state index < -0.39 is 0 Å². The maximum absolute atomic E-state index is 13.6. The van der Waals surface area contributed by atoms with E-state index in [9.17, 15) is 4.39 Å². The number of alkyl halides is 1. The van der Waals surface area contributed by atoms with Gasteiger partial charge in [-0.2, -0.15) is 0 Å². The van der Waals surface area contributed by atoms with Gasteiger partial charge in [-0.3, -0.25) is 0 Å². The van der Waals surface area contributed by atoms with Crippen LogP contribution in [0.15, 0.2) is 54.6 Å². The number of rotatable bonds is 4. The van der Waals surface area contributed by atoms with Crippen LogP contribution in [0.3, 0.4) is 0 Å². The van der Waals surface area contributed by atoms with Crippen molar-refractivity contribution in [1.82, 2.24) is 0 Å². The molecule has 0 spiro atoms. The van der Waals surface area contributed by atoms with Crippen LogP contribution in [-0.2, 0) is 6.42 Å². The molecule has 0 radical (unpaired) electrons. The van der Waals surface area contributed by atoms with Crippen molar-refractivity contribution in [3.63, 3.8) is 0 Å². The highest BCUT2D eigenvalue weighted by atomic mass is 79.9. The summed E-state index contributed by atoms with van der Waals surface area (Å²) in [4.78, 5) is 0.248. The highest BCUT2D eigenvalue weighted by Gasteiger charge is 2.17. The molecule has 0 amide bonds. The Morgan fingerprint density at radius 2 is 1.61 bits per heavy atom. The normalized spacial score (nSPS) is 14.2. The molecule has 0 heterocycles. The van der Waals surface area contributed by atoms with Crippen LogP contribution in [0.1, 0.15) is 22.9 Å². The molecule has 0 aliphatic heterocycles. The lowest BCUT2D eigenvalue weighted by Crippen LogP contribution is -2.08. The van der Waals surface area contributed by atoms with E-state index in [-0.39, 0.29) is 10.6 Å². The molecule has 0 saturated heterocycles. The van der Waals surface area contributed by atoms with E-state index in [1.54, 1.807) is 6.07 Å². The minimum absolute atomic E-state index is 0.114. The van der Waals surface area contributed by atoms with E-state index in [0.29, 0.717) is 5.92 Å². The van der Waals surface area contributed by atoms with Crippen molar-refractivity contribution < 1.29 is 4.39 Å². The van der Waals surface area contributed by atoms with Gasteiger partial charge in [0.2, 0.25) is 0 Å². The van der Waals surface area contributed by atoms with Gasteiger partial charge in [0.25, 0.3) is 0 Å². The van der Waals surface area contributed by atoms with Gasteiger partial charge in [0, 0.05) is 4.83 Å². The molecule has 0 aliphatic rings. The molecular weight excluding hydrogens is 291 g/mol. The molecule has 0 fully saturated rings. The lowest BCUT2D eigenvalue weighted by molar-refractivity contribution is 0.539. The molecular formula is C16H16BrF. The zero-order valence-corrected chi connectivity index (χ0v) is 11.9. The first-order valence-electron chi connectivity index (χ1n) is 6.11. The highest BCUT2D eigenvalue weighted by Crippen LogP contribution is 2.33. The van der Waals surface area contributed by atoms with Gasteiger partial charge in [0.05, 0.1) is 0 Å². The van der Waals surface area contributed by atoms with Crippen molar-refractivity contribution in [3.05, 3.63) is 71.5 Å². The molecule has 0 saturated carbocycles. The van der Waals surface area contributed by atoms with E-state index in [2.05, 4.69) is 35.0 Å². The van der Waals surface area contributed by atoms with Crippen LogP contribution in [0.2, 0.25) is 0 Å². The number of benzene rings is 2. The fourth-order valence-corrected chi connectivity index (χ4v) is 2.57. The van der Waals surface area contributed by atoms with Crippen molar-refractivity contribution in [2.45, 2.75) is 18.2 Å².